The van der Waals surface area contributed by atoms with Crippen molar-refractivity contribution in [1.82, 2.24) is 19.5 Å². The number of aliphatic hydroxyl groups is 1. The first kappa shape index (κ1) is 25.1. The number of hydrogen-bond acceptors (Lipinski definition) is 13. The van der Waals surface area contributed by atoms with Crippen LogP contribution in [0.3, 0.4) is 0 Å². The van der Waals surface area contributed by atoms with Crippen LogP contribution in [-0.2, 0) is 31.6 Å². The summed E-state index contributed by atoms with van der Waals surface area (Å²) in [7, 11) is -16.9. The van der Waals surface area contributed by atoms with Crippen molar-refractivity contribution in [2.45, 2.75) is 31.1 Å². The second kappa shape index (κ2) is 8.66. The quantitative estimate of drug-likeness (QED) is 0.137. The summed E-state index contributed by atoms with van der Waals surface area (Å²) < 4.78 is 52.2. The third kappa shape index (κ3) is 5.86. The van der Waals surface area contributed by atoms with Gasteiger partial charge in [0.25, 0.3) is 5.56 Å². The van der Waals surface area contributed by atoms with Crippen LogP contribution >= 0.6 is 23.5 Å². The lowest BCUT2D eigenvalue weighted by Gasteiger charge is -2.24. The number of H-pyrrole nitrogens is 1. The predicted octanol–water partition coefficient (Wildman–Crippen LogP) is -2.02. The molecule has 3 unspecified atom stereocenters. The molecule has 180 valence electrons. The van der Waals surface area contributed by atoms with Gasteiger partial charge in [-0.2, -0.15) is 13.6 Å². The van der Waals surface area contributed by atoms with Gasteiger partial charge in [-0.15, -0.1) is 0 Å². The number of imidazole rings is 1. The molecule has 0 saturated carbocycles. The molecule has 10 N–H and O–H groups in total. The molecule has 2 aromatic heterocycles. The summed E-state index contributed by atoms with van der Waals surface area (Å²) in [5.41, 5.74) is 10.4. The Kier molecular flexibility index (Phi) is 6.78. The average molecular weight is 522 g/mol. The Morgan fingerprint density at radius 3 is 2.50 bits per heavy atom. The summed E-state index contributed by atoms with van der Waals surface area (Å²) in [4.78, 5) is 57.6. The number of nitrogens with zero attached hydrogens (tertiary/aromatic N) is 3. The third-order valence-electron chi connectivity index (χ3n) is 3.89. The highest BCUT2D eigenvalue weighted by Gasteiger charge is 2.46. The van der Waals surface area contributed by atoms with Crippen molar-refractivity contribution in [3.63, 3.8) is 0 Å². The van der Waals surface area contributed by atoms with E-state index in [9.17, 15) is 28.5 Å². The molecule has 22 heteroatoms. The number of aliphatic hydroxyl groups excluding tert-OH is 1. The number of aromatic amines is 1. The van der Waals surface area contributed by atoms with Crippen LogP contribution in [0, 0.1) is 0 Å². The summed E-state index contributed by atoms with van der Waals surface area (Å²) in [6.45, 7) is 0. The smallest absolute Gasteiger partial charge is 0.390 e. The van der Waals surface area contributed by atoms with Crippen LogP contribution in [0.4, 0.5) is 5.95 Å². The molecule has 19 nitrogen and oxygen atoms in total. The first-order valence-corrected chi connectivity index (χ1v) is 12.7. The number of ether oxygens (including phenoxy) is 1. The molecule has 6 atom stereocenters. The van der Waals surface area contributed by atoms with Crippen LogP contribution in [0.25, 0.3) is 11.2 Å². The number of phosphoric acid groups is 3. The SMILES string of the molecule is Nc1nc2c(ncn2[C@H]2C[C@H](O)[C@@H](C(N)OP(=O)(O)OP(=O)(O)OP(=O)(O)O)O2)c(=O)[nH]1. The summed E-state index contributed by atoms with van der Waals surface area (Å²) in [5.74, 6) is -0.219. The molecule has 1 aliphatic heterocycles. The fraction of sp³-hybridized carbons (Fsp3) is 0.500. The lowest BCUT2D eigenvalue weighted by molar-refractivity contribution is -0.0764. The maximum atomic E-state index is 11.9. The van der Waals surface area contributed by atoms with Gasteiger partial charge in [0.05, 0.1) is 12.4 Å². The van der Waals surface area contributed by atoms with Crippen molar-refractivity contribution in [3.8, 4) is 0 Å². The van der Waals surface area contributed by atoms with E-state index in [1.54, 1.807) is 0 Å². The number of aromatic nitrogens is 4. The van der Waals surface area contributed by atoms with E-state index in [2.05, 4.69) is 28.1 Å². The molecule has 1 saturated heterocycles. The van der Waals surface area contributed by atoms with Gasteiger partial charge in [-0.1, -0.05) is 0 Å². The maximum Gasteiger partial charge on any atom is 0.490 e. The molecule has 0 bridgehead atoms. The van der Waals surface area contributed by atoms with Crippen LogP contribution in [0.5, 0.6) is 0 Å². The molecule has 0 radical (unpaired) electrons. The normalized spacial score (nSPS) is 26.6. The Bertz CT molecular complexity index is 1210. The van der Waals surface area contributed by atoms with E-state index in [4.69, 9.17) is 30.9 Å². The number of nitrogen functional groups attached to an aromatic ring is 1. The first-order chi connectivity index (χ1) is 14.6. The topological polar surface area (TPSA) is 305 Å². The molecule has 3 rings (SSSR count). The first-order valence-electron chi connectivity index (χ1n) is 8.20. The minimum Gasteiger partial charge on any atom is -0.390 e. The zero-order valence-electron chi connectivity index (χ0n) is 15.4. The van der Waals surface area contributed by atoms with Gasteiger partial charge in [-0.25, -0.2) is 18.7 Å². The fourth-order valence-corrected chi connectivity index (χ4v) is 5.90. The van der Waals surface area contributed by atoms with Gasteiger partial charge in [0.15, 0.2) is 11.2 Å². The summed E-state index contributed by atoms with van der Waals surface area (Å²) >= 11 is 0. The van der Waals surface area contributed by atoms with Crippen LogP contribution in [0.2, 0.25) is 0 Å². The van der Waals surface area contributed by atoms with E-state index in [-0.39, 0.29) is 23.5 Å². The Hall–Kier alpha value is -1.56. The van der Waals surface area contributed by atoms with E-state index in [0.717, 1.165) is 0 Å². The van der Waals surface area contributed by atoms with Gasteiger partial charge in [0.1, 0.15) is 18.6 Å². The molecule has 0 amide bonds. The second-order valence-electron chi connectivity index (χ2n) is 6.29. The van der Waals surface area contributed by atoms with Crippen molar-refractivity contribution in [2.24, 2.45) is 5.73 Å². The van der Waals surface area contributed by atoms with Crippen molar-refractivity contribution >= 4 is 40.6 Å². The number of fused-ring (bicyclic) bond motifs is 1. The van der Waals surface area contributed by atoms with Crippen molar-refractivity contribution in [3.05, 3.63) is 16.7 Å². The van der Waals surface area contributed by atoms with Crippen LogP contribution < -0.4 is 17.0 Å². The van der Waals surface area contributed by atoms with Crippen molar-refractivity contribution in [2.75, 3.05) is 5.73 Å². The summed E-state index contributed by atoms with van der Waals surface area (Å²) in [6, 6.07) is 0. The number of nitrogens with two attached hydrogens (primary N) is 2. The third-order valence-corrected chi connectivity index (χ3v) is 7.73. The van der Waals surface area contributed by atoms with E-state index in [1.165, 1.54) is 10.9 Å². The monoisotopic (exact) mass is 522 g/mol. The maximum absolute atomic E-state index is 11.9. The number of nitrogens with one attached hydrogen (secondary N) is 1. The fourth-order valence-electron chi connectivity index (χ4n) is 2.81. The lowest BCUT2D eigenvalue weighted by atomic mass is 10.1. The molecular formula is C10H17N6O13P3. The lowest BCUT2D eigenvalue weighted by Crippen LogP contribution is -2.42. The number of phosphoric ester groups is 1. The van der Waals surface area contributed by atoms with Crippen molar-refractivity contribution < 1.29 is 56.3 Å². The van der Waals surface area contributed by atoms with Gasteiger partial charge in [-0.3, -0.25) is 18.9 Å². The predicted molar refractivity (Wildman–Crippen MR) is 100 cm³/mol. The van der Waals surface area contributed by atoms with Gasteiger partial charge >= 0.3 is 23.5 Å². The average Bonchev–Trinajstić information content (AvgIpc) is 3.14. The number of anilines is 1. The van der Waals surface area contributed by atoms with Crippen molar-refractivity contribution in [1.29, 1.82) is 0 Å². The zero-order chi connectivity index (χ0) is 24.1. The molecule has 0 aromatic carbocycles. The molecular weight excluding hydrogens is 505 g/mol. The Balaban J connectivity index is 1.73. The van der Waals surface area contributed by atoms with E-state index < -0.39 is 53.7 Å². The van der Waals surface area contributed by atoms with E-state index >= 15 is 0 Å². The highest BCUT2D eigenvalue weighted by atomic mass is 31.3. The molecule has 32 heavy (non-hydrogen) atoms. The largest absolute Gasteiger partial charge is 0.490 e. The van der Waals surface area contributed by atoms with Gasteiger partial charge < -0.3 is 40.9 Å². The van der Waals surface area contributed by atoms with Crippen LogP contribution in [-0.4, -0.2) is 62.6 Å². The van der Waals surface area contributed by atoms with Crippen LogP contribution in [0.15, 0.2) is 11.1 Å². The van der Waals surface area contributed by atoms with E-state index in [0.29, 0.717) is 0 Å². The highest BCUT2D eigenvalue weighted by Crippen LogP contribution is 2.66. The van der Waals surface area contributed by atoms with Gasteiger partial charge in [0, 0.05) is 6.42 Å². The number of hydrogen-bond donors (Lipinski definition) is 8. The molecule has 1 aliphatic rings. The highest BCUT2D eigenvalue weighted by molar-refractivity contribution is 7.66. The number of rotatable bonds is 8. The standard InChI is InChI=1S/C10H17N6O13P3/c11-7(27-31(22,23)29-32(24,25)28-30(19,20)21)6-3(17)1-4(26-6)16-2-13-5-8(16)14-10(12)15-9(5)18/h2-4,6-7,17H,1,11H2,(H,22,23)(H,24,25)(H2,19,20,21)(H3,12,14,15,18)/t3-,4+,6-,7?/m0/s1. The second-order valence-corrected chi connectivity index (χ2v) is 10.7. The Labute approximate surface area is 176 Å². The summed E-state index contributed by atoms with van der Waals surface area (Å²) in [6.07, 6.45) is -4.93. The molecule has 2 aromatic rings. The minimum absolute atomic E-state index is 0.00515. The van der Waals surface area contributed by atoms with Gasteiger partial charge in [-0.05, 0) is 0 Å². The zero-order valence-corrected chi connectivity index (χ0v) is 18.1. The Morgan fingerprint density at radius 1 is 1.22 bits per heavy atom. The Morgan fingerprint density at radius 2 is 1.88 bits per heavy atom. The van der Waals surface area contributed by atoms with Gasteiger partial charge in [0.2, 0.25) is 5.95 Å². The van der Waals surface area contributed by atoms with Crippen LogP contribution in [0.1, 0.15) is 12.6 Å². The molecule has 0 aliphatic carbocycles. The molecule has 0 spiro atoms. The molecule has 1 fully saturated rings. The minimum atomic E-state index is -5.75. The summed E-state index contributed by atoms with van der Waals surface area (Å²) in [5, 5.41) is 10.2. The molecule has 3 heterocycles. The van der Waals surface area contributed by atoms with E-state index in [1.807, 2.05) is 0 Å².